The van der Waals surface area contributed by atoms with Gasteiger partial charge in [-0.3, -0.25) is 0 Å². The number of esters is 2. The number of nitrogens with zero attached hydrogens (tertiary/aromatic N) is 2. The van der Waals surface area contributed by atoms with E-state index in [2.05, 4.69) is 41.5 Å². The van der Waals surface area contributed by atoms with Gasteiger partial charge in [0.25, 0.3) is 0 Å². The van der Waals surface area contributed by atoms with Crippen LogP contribution in [0.25, 0.3) is 0 Å². The van der Waals surface area contributed by atoms with Gasteiger partial charge in [-0.05, 0) is 53.7 Å². The minimum absolute atomic E-state index is 0. The quantitative estimate of drug-likeness (QED) is 0.127. The highest BCUT2D eigenvalue weighted by Crippen LogP contribution is 2.14. The van der Waals surface area contributed by atoms with Crippen molar-refractivity contribution in [2.24, 2.45) is 0 Å². The van der Waals surface area contributed by atoms with E-state index >= 15 is 0 Å². The molecule has 0 atom stereocenters. The molecule has 32 heavy (non-hydrogen) atoms. The number of likely N-dealkylation sites (N-methyl/N-ethyl adjacent to an activating group) is 2. The molecule has 1 aromatic carbocycles. The molecule has 186 valence electrons. The summed E-state index contributed by atoms with van der Waals surface area (Å²) in [4.78, 5) is 25.3. The van der Waals surface area contributed by atoms with Gasteiger partial charge < -0.3 is 66.4 Å². The first kappa shape index (κ1) is 33.7. The third kappa shape index (κ3) is 9.42. The predicted octanol–water partition coefficient (Wildman–Crippen LogP) is -2.24. The topological polar surface area (TPSA) is 52.6 Å². The molecule has 0 bridgehead atoms. The predicted molar refractivity (Wildman–Crippen MR) is 121 cm³/mol. The minimum Gasteiger partial charge on any atom is -1.00 e. The number of carbonyl (C=O) groups excluding carboxylic acids is 2. The number of rotatable bonds is 14. The Hall–Kier alpha value is -0.460. The summed E-state index contributed by atoms with van der Waals surface area (Å²) in [5.74, 6) is -0.936. The molecule has 0 radical (unpaired) electrons. The van der Waals surface area contributed by atoms with Crippen molar-refractivity contribution in [3.8, 4) is 0 Å². The molecule has 6 nitrogen and oxygen atoms in total. The highest BCUT2D eigenvalue weighted by molar-refractivity contribution is 6.03. The van der Waals surface area contributed by atoms with Crippen LogP contribution in [0.2, 0.25) is 0 Å². The zero-order valence-electron chi connectivity index (χ0n) is 20.7. The minimum atomic E-state index is -0.468. The first-order valence-electron chi connectivity index (χ1n) is 11.5. The number of benzene rings is 1. The number of carbonyl (C=O) groups is 2. The van der Waals surface area contributed by atoms with Gasteiger partial charge in [0, 0.05) is 0 Å². The van der Waals surface area contributed by atoms with Gasteiger partial charge in [-0.25, -0.2) is 9.59 Å². The lowest BCUT2D eigenvalue weighted by Gasteiger charge is -2.35. The van der Waals surface area contributed by atoms with Crippen molar-refractivity contribution in [3.05, 3.63) is 35.4 Å². The molecule has 0 aliphatic heterocycles. The lowest BCUT2D eigenvalue weighted by atomic mass is 10.1. The number of halogens is 2. The highest BCUT2D eigenvalue weighted by atomic mass is 127. The molecule has 0 N–H and O–H groups in total. The number of ether oxygens (including phenoxy) is 2. The average Bonchev–Trinajstić information content (AvgIpc) is 2.80. The molecule has 1 aromatic rings. The second kappa shape index (κ2) is 17.0. The zero-order chi connectivity index (χ0) is 22.6. The first-order valence-corrected chi connectivity index (χ1v) is 11.5. The monoisotopic (exact) mass is 676 g/mol. The second-order valence-corrected chi connectivity index (χ2v) is 7.85. The van der Waals surface area contributed by atoms with Gasteiger partial charge in [0.1, 0.15) is 26.3 Å². The maximum atomic E-state index is 12.7. The van der Waals surface area contributed by atoms with E-state index in [1.807, 2.05) is 0 Å². The van der Waals surface area contributed by atoms with Crippen molar-refractivity contribution in [1.29, 1.82) is 0 Å². The lowest BCUT2D eigenvalue weighted by molar-refractivity contribution is -0.923. The van der Waals surface area contributed by atoms with Crippen molar-refractivity contribution >= 4 is 11.9 Å². The molecule has 0 amide bonds. The van der Waals surface area contributed by atoms with E-state index in [0.717, 1.165) is 61.3 Å². The summed E-state index contributed by atoms with van der Waals surface area (Å²) in [5, 5.41) is 0. The number of hydrogen-bond donors (Lipinski definition) is 0. The highest BCUT2D eigenvalue weighted by Gasteiger charge is 2.25. The molecular weight excluding hydrogens is 634 g/mol. The Balaban J connectivity index is 0. The van der Waals surface area contributed by atoms with Gasteiger partial charge in [-0.1, -0.05) is 12.1 Å². The van der Waals surface area contributed by atoms with Crippen LogP contribution in [-0.4, -0.2) is 86.5 Å². The molecule has 0 saturated heterocycles. The third-order valence-corrected chi connectivity index (χ3v) is 6.99. The van der Waals surface area contributed by atoms with E-state index in [1.54, 1.807) is 24.3 Å². The summed E-state index contributed by atoms with van der Waals surface area (Å²) in [7, 11) is 0. The van der Waals surface area contributed by atoms with Crippen molar-refractivity contribution in [2.45, 2.75) is 41.5 Å². The molecule has 0 unspecified atom stereocenters. The summed E-state index contributed by atoms with van der Waals surface area (Å²) >= 11 is 0. The number of quaternary nitrogens is 2. The Labute approximate surface area is 229 Å². The SMILES string of the molecule is CC[N+](CC)(CC)CCOC(=O)c1ccccc1C(=O)OCC[N+](CC)(CC)CC.[I-].[I-]. The smallest absolute Gasteiger partial charge is 0.339 e. The molecule has 1 rings (SSSR count). The van der Waals surface area contributed by atoms with E-state index in [4.69, 9.17) is 9.47 Å². The van der Waals surface area contributed by atoms with E-state index in [9.17, 15) is 9.59 Å². The van der Waals surface area contributed by atoms with Crippen LogP contribution in [0, 0.1) is 0 Å². The summed E-state index contributed by atoms with van der Waals surface area (Å²) in [5.41, 5.74) is 0.541. The molecule has 0 heterocycles. The van der Waals surface area contributed by atoms with Crippen LogP contribution >= 0.6 is 0 Å². The Morgan fingerprint density at radius 3 is 1.16 bits per heavy atom. The summed E-state index contributed by atoms with van der Waals surface area (Å²) < 4.78 is 12.9. The Morgan fingerprint density at radius 2 is 0.906 bits per heavy atom. The fraction of sp³-hybridized carbons (Fsp3) is 0.667. The van der Waals surface area contributed by atoms with Crippen molar-refractivity contribution < 1.29 is 76.0 Å². The van der Waals surface area contributed by atoms with Crippen LogP contribution < -0.4 is 48.0 Å². The van der Waals surface area contributed by atoms with Crippen LogP contribution in [-0.2, 0) is 9.47 Å². The van der Waals surface area contributed by atoms with E-state index in [0.29, 0.717) is 13.2 Å². The molecular formula is C24H42I2N2O4. The average molecular weight is 676 g/mol. The lowest BCUT2D eigenvalue weighted by Crippen LogP contribution is -3.00. The van der Waals surface area contributed by atoms with Crippen molar-refractivity contribution in [1.82, 2.24) is 0 Å². The van der Waals surface area contributed by atoms with Crippen LogP contribution in [0.5, 0.6) is 0 Å². The maximum Gasteiger partial charge on any atom is 0.339 e. The molecule has 0 fully saturated rings. The molecule has 0 aromatic heterocycles. The first-order chi connectivity index (χ1) is 14.4. The maximum absolute atomic E-state index is 12.7. The summed E-state index contributed by atoms with van der Waals surface area (Å²) in [6.07, 6.45) is 0. The van der Waals surface area contributed by atoms with E-state index < -0.39 is 11.9 Å². The van der Waals surface area contributed by atoms with E-state index in [1.165, 1.54) is 0 Å². The Morgan fingerprint density at radius 1 is 0.625 bits per heavy atom. The number of hydrogen-bond acceptors (Lipinski definition) is 4. The van der Waals surface area contributed by atoms with Gasteiger partial charge in [0.2, 0.25) is 0 Å². The summed E-state index contributed by atoms with van der Waals surface area (Å²) in [6.45, 7) is 21.2. The van der Waals surface area contributed by atoms with Gasteiger partial charge in [0.05, 0.1) is 50.4 Å². The van der Waals surface area contributed by atoms with Gasteiger partial charge in [0.15, 0.2) is 0 Å². The van der Waals surface area contributed by atoms with Gasteiger partial charge in [-0.15, -0.1) is 0 Å². The molecule has 0 spiro atoms. The fourth-order valence-electron chi connectivity index (χ4n) is 3.95. The van der Waals surface area contributed by atoms with Crippen LogP contribution in [0.1, 0.15) is 62.3 Å². The van der Waals surface area contributed by atoms with Crippen LogP contribution in [0.3, 0.4) is 0 Å². The second-order valence-electron chi connectivity index (χ2n) is 7.85. The molecule has 8 heteroatoms. The normalized spacial score (nSPS) is 11.2. The van der Waals surface area contributed by atoms with Gasteiger partial charge >= 0.3 is 11.9 Å². The largest absolute Gasteiger partial charge is 1.00 e. The molecule has 0 saturated carbocycles. The van der Waals surface area contributed by atoms with Crippen molar-refractivity contribution in [2.75, 3.05) is 65.6 Å². The fourth-order valence-corrected chi connectivity index (χ4v) is 3.95. The van der Waals surface area contributed by atoms with Gasteiger partial charge in [-0.2, -0.15) is 0 Å². The standard InChI is InChI=1S/C24H42N2O4.2HI/c1-7-25(8-2,9-3)17-19-29-23(27)21-15-13-14-16-22(21)24(28)30-20-18-26(10-4,11-5)12-6;;/h13-16H,7-12,17-20H2,1-6H3;2*1H/q+2;;/p-2. The van der Waals surface area contributed by atoms with E-state index in [-0.39, 0.29) is 59.1 Å². The summed E-state index contributed by atoms with van der Waals surface area (Å²) in [6, 6.07) is 6.74. The molecule has 0 aliphatic carbocycles. The zero-order valence-corrected chi connectivity index (χ0v) is 25.0. The van der Waals surface area contributed by atoms with Crippen LogP contribution in [0.4, 0.5) is 0 Å². The third-order valence-electron chi connectivity index (χ3n) is 6.99. The molecule has 0 aliphatic rings. The van der Waals surface area contributed by atoms with Crippen LogP contribution in [0.15, 0.2) is 24.3 Å². The Bertz CT molecular complexity index is 604. The van der Waals surface area contributed by atoms with Crippen molar-refractivity contribution in [3.63, 3.8) is 0 Å². The Kier molecular flexibility index (Phi) is 18.0.